The second-order valence-corrected chi connectivity index (χ2v) is 3.92. The van der Waals surface area contributed by atoms with Crippen molar-refractivity contribution in [1.29, 1.82) is 0 Å². The van der Waals surface area contributed by atoms with Gasteiger partial charge in [-0.15, -0.1) is 11.3 Å². The molecule has 0 bridgehead atoms. The molecule has 2 rings (SSSR count). The van der Waals surface area contributed by atoms with E-state index in [0.29, 0.717) is 5.56 Å². The van der Waals surface area contributed by atoms with Crippen molar-refractivity contribution in [2.75, 3.05) is 13.2 Å². The Morgan fingerprint density at radius 2 is 2.44 bits per heavy atom. The Morgan fingerprint density at radius 3 is 3.25 bits per heavy atom. The highest BCUT2D eigenvalue weighted by atomic mass is 32.1. The predicted molar refractivity (Wildman–Crippen MR) is 60.1 cm³/mol. The second-order valence-electron chi connectivity index (χ2n) is 3.04. The normalized spacial score (nSPS) is 10.6. The molecule has 0 atom stereocenters. The average Bonchev–Trinajstić information content (AvgIpc) is 2.76. The Kier molecular flexibility index (Phi) is 3.45. The van der Waals surface area contributed by atoms with E-state index in [1.807, 2.05) is 0 Å². The first-order valence-electron chi connectivity index (χ1n) is 4.67. The maximum atomic E-state index is 11.6. The summed E-state index contributed by atoms with van der Waals surface area (Å²) >= 11 is 1.48. The quantitative estimate of drug-likeness (QED) is 0.614. The van der Waals surface area contributed by atoms with Crippen LogP contribution in [0.1, 0.15) is 10.4 Å². The Balaban J connectivity index is 2.10. The van der Waals surface area contributed by atoms with E-state index in [9.17, 15) is 4.79 Å². The van der Waals surface area contributed by atoms with Crippen molar-refractivity contribution in [3.8, 4) is 0 Å². The summed E-state index contributed by atoms with van der Waals surface area (Å²) in [6.45, 7) is -0.0529. The molecule has 0 unspecified atom stereocenters. The van der Waals surface area contributed by atoms with Gasteiger partial charge in [0.1, 0.15) is 0 Å². The summed E-state index contributed by atoms with van der Waals surface area (Å²) in [4.78, 5) is 20.4. The van der Waals surface area contributed by atoms with Crippen LogP contribution in [0, 0.1) is 0 Å². The predicted octanol–water partition coefficient (Wildman–Crippen LogP) is 0.950. The number of benzene rings is 1. The highest BCUT2D eigenvalue weighted by Gasteiger charge is 2.06. The first-order valence-corrected chi connectivity index (χ1v) is 5.55. The van der Waals surface area contributed by atoms with Crippen LogP contribution in [0.3, 0.4) is 0 Å². The summed E-state index contributed by atoms with van der Waals surface area (Å²) in [7, 11) is 0. The summed E-state index contributed by atoms with van der Waals surface area (Å²) < 4.78 is 0.954. The van der Waals surface area contributed by atoms with Gasteiger partial charge in [-0.1, -0.05) is 0 Å². The zero-order chi connectivity index (χ0) is 11.4. The molecule has 0 aliphatic rings. The van der Waals surface area contributed by atoms with Gasteiger partial charge >= 0.3 is 0 Å². The maximum Gasteiger partial charge on any atom is 0.274 e. The van der Waals surface area contributed by atoms with E-state index in [4.69, 9.17) is 9.94 Å². The van der Waals surface area contributed by atoms with Crippen molar-refractivity contribution >= 4 is 27.5 Å². The SMILES string of the molecule is O=C(NOCCO)c1ccc2ncsc2c1. The third kappa shape index (κ3) is 2.35. The van der Waals surface area contributed by atoms with Gasteiger partial charge in [-0.25, -0.2) is 10.5 Å². The van der Waals surface area contributed by atoms with Crippen molar-refractivity contribution in [3.63, 3.8) is 0 Å². The number of hydrogen-bond donors (Lipinski definition) is 2. The number of carbonyl (C=O) groups excluding carboxylic acids is 1. The minimum atomic E-state index is -0.330. The fraction of sp³-hybridized carbons (Fsp3) is 0.200. The number of amides is 1. The lowest BCUT2D eigenvalue weighted by Gasteiger charge is -2.03. The monoisotopic (exact) mass is 238 g/mol. The van der Waals surface area contributed by atoms with Gasteiger partial charge in [0, 0.05) is 5.56 Å². The fourth-order valence-electron chi connectivity index (χ4n) is 1.22. The molecule has 16 heavy (non-hydrogen) atoms. The van der Waals surface area contributed by atoms with Crippen LogP contribution in [0.4, 0.5) is 0 Å². The summed E-state index contributed by atoms with van der Waals surface area (Å²) in [6, 6.07) is 5.22. The number of fused-ring (bicyclic) bond motifs is 1. The van der Waals surface area contributed by atoms with Gasteiger partial charge in [0.05, 0.1) is 28.9 Å². The van der Waals surface area contributed by atoms with Gasteiger partial charge < -0.3 is 5.11 Å². The number of aliphatic hydroxyl groups excluding tert-OH is 1. The van der Waals surface area contributed by atoms with Crippen molar-refractivity contribution in [2.24, 2.45) is 0 Å². The second kappa shape index (κ2) is 5.02. The molecule has 0 aliphatic heterocycles. The third-order valence-corrected chi connectivity index (χ3v) is 2.74. The van der Waals surface area contributed by atoms with Crippen LogP contribution in [0.5, 0.6) is 0 Å². The third-order valence-electron chi connectivity index (χ3n) is 1.95. The van der Waals surface area contributed by atoms with Crippen LogP contribution >= 0.6 is 11.3 Å². The summed E-state index contributed by atoms with van der Waals surface area (Å²) in [6.07, 6.45) is 0. The van der Waals surface area contributed by atoms with Gasteiger partial charge in [-0.3, -0.25) is 9.63 Å². The number of aliphatic hydroxyl groups is 1. The molecule has 84 valence electrons. The highest BCUT2D eigenvalue weighted by molar-refractivity contribution is 7.16. The zero-order valence-electron chi connectivity index (χ0n) is 8.34. The van der Waals surface area contributed by atoms with E-state index < -0.39 is 0 Å². The van der Waals surface area contributed by atoms with Crippen LogP contribution in [0.2, 0.25) is 0 Å². The van der Waals surface area contributed by atoms with E-state index >= 15 is 0 Å². The van der Waals surface area contributed by atoms with Gasteiger partial charge in [-0.05, 0) is 18.2 Å². The molecular weight excluding hydrogens is 228 g/mol. The number of hydrogen-bond acceptors (Lipinski definition) is 5. The molecule has 5 nitrogen and oxygen atoms in total. The number of thiazole rings is 1. The summed E-state index contributed by atoms with van der Waals surface area (Å²) in [5.74, 6) is -0.330. The number of rotatable bonds is 4. The molecular formula is C10H10N2O3S. The molecule has 0 aliphatic carbocycles. The molecule has 0 radical (unpaired) electrons. The molecule has 0 spiro atoms. The van der Waals surface area contributed by atoms with Gasteiger partial charge in [0.15, 0.2) is 0 Å². The van der Waals surface area contributed by atoms with Crippen molar-refractivity contribution in [2.45, 2.75) is 0 Å². The summed E-state index contributed by atoms with van der Waals surface area (Å²) in [5, 5.41) is 8.48. The van der Waals surface area contributed by atoms with Crippen LogP contribution in [0.15, 0.2) is 23.7 Å². The first kappa shape index (κ1) is 11.0. The fourth-order valence-corrected chi connectivity index (χ4v) is 1.93. The van der Waals surface area contributed by atoms with Gasteiger partial charge in [0.25, 0.3) is 5.91 Å². The van der Waals surface area contributed by atoms with E-state index in [1.165, 1.54) is 11.3 Å². The van der Waals surface area contributed by atoms with Gasteiger partial charge in [0.2, 0.25) is 0 Å². The average molecular weight is 238 g/mol. The Morgan fingerprint density at radius 1 is 1.56 bits per heavy atom. The van der Waals surface area contributed by atoms with Crippen LogP contribution in [-0.4, -0.2) is 29.2 Å². The Hall–Kier alpha value is -1.50. The molecule has 1 aromatic carbocycles. The topological polar surface area (TPSA) is 71.5 Å². The molecule has 0 saturated heterocycles. The molecule has 6 heteroatoms. The number of hydroxylamine groups is 1. The summed E-state index contributed by atoms with van der Waals surface area (Å²) in [5.41, 5.74) is 5.35. The first-order chi connectivity index (χ1) is 7.81. The molecule has 0 saturated carbocycles. The number of carbonyl (C=O) groups is 1. The van der Waals surface area contributed by atoms with E-state index in [0.717, 1.165) is 10.2 Å². The smallest absolute Gasteiger partial charge is 0.274 e. The van der Waals surface area contributed by atoms with Crippen molar-refractivity contribution in [3.05, 3.63) is 29.3 Å². The lowest BCUT2D eigenvalue weighted by atomic mass is 10.2. The van der Waals surface area contributed by atoms with E-state index in [2.05, 4.69) is 10.5 Å². The largest absolute Gasteiger partial charge is 0.394 e. The van der Waals surface area contributed by atoms with Crippen molar-refractivity contribution in [1.82, 2.24) is 10.5 Å². The number of aromatic nitrogens is 1. The molecule has 1 amide bonds. The van der Waals surface area contributed by atoms with Crippen LogP contribution in [0.25, 0.3) is 10.2 Å². The highest BCUT2D eigenvalue weighted by Crippen LogP contribution is 2.18. The minimum Gasteiger partial charge on any atom is -0.394 e. The van der Waals surface area contributed by atoms with Crippen molar-refractivity contribution < 1.29 is 14.7 Å². The number of nitrogens with one attached hydrogen (secondary N) is 1. The Bertz CT molecular complexity index is 498. The lowest BCUT2D eigenvalue weighted by Crippen LogP contribution is -2.25. The van der Waals surface area contributed by atoms with Crippen LogP contribution in [-0.2, 0) is 4.84 Å². The molecule has 1 aromatic heterocycles. The molecule has 2 aromatic rings. The zero-order valence-corrected chi connectivity index (χ0v) is 9.16. The van der Waals surface area contributed by atoms with Gasteiger partial charge in [-0.2, -0.15) is 0 Å². The Labute approximate surface area is 95.6 Å². The number of nitrogens with zero attached hydrogens (tertiary/aromatic N) is 1. The minimum absolute atomic E-state index is 0.0779. The van der Waals surface area contributed by atoms with E-state index in [1.54, 1.807) is 23.7 Å². The van der Waals surface area contributed by atoms with E-state index in [-0.39, 0.29) is 19.1 Å². The molecule has 1 heterocycles. The standard InChI is InChI=1S/C10H10N2O3S/c13-3-4-15-12-10(14)7-1-2-8-9(5-7)16-6-11-8/h1-2,5-6,13H,3-4H2,(H,12,14). The molecule has 0 fully saturated rings. The molecule has 2 N–H and O–H groups in total. The van der Waals surface area contributed by atoms with Crippen LogP contribution < -0.4 is 5.48 Å². The maximum absolute atomic E-state index is 11.6. The lowest BCUT2D eigenvalue weighted by molar-refractivity contribution is 0.0168.